The molecule has 1 aliphatic carbocycles. The Morgan fingerprint density at radius 2 is 1.78 bits per heavy atom. The number of hydrogen-bond donors (Lipinski definition) is 2. The average Bonchev–Trinajstić information content (AvgIpc) is 3.32. The SMILES string of the molecule is Cc1cc(C(=O)NNC(=O)c2cc(C3CC3)on2)c(C)n1-c1ccccc1. The number of carbonyl (C=O) groups is 2. The highest BCUT2D eigenvalue weighted by molar-refractivity contribution is 5.99. The monoisotopic (exact) mass is 364 g/mol. The van der Waals surface area contributed by atoms with Crippen molar-refractivity contribution in [1.29, 1.82) is 0 Å². The highest BCUT2D eigenvalue weighted by atomic mass is 16.5. The van der Waals surface area contributed by atoms with Crippen LogP contribution in [0.1, 0.15) is 56.8 Å². The fourth-order valence-corrected chi connectivity index (χ4v) is 3.17. The number of nitrogens with one attached hydrogen (secondary N) is 2. The van der Waals surface area contributed by atoms with Crippen LogP contribution in [0.25, 0.3) is 5.69 Å². The molecule has 2 aromatic heterocycles. The second kappa shape index (κ2) is 6.75. The minimum Gasteiger partial charge on any atom is -0.360 e. The van der Waals surface area contributed by atoms with Crippen LogP contribution in [-0.2, 0) is 0 Å². The molecule has 138 valence electrons. The number of carbonyl (C=O) groups excluding carboxylic acids is 2. The highest BCUT2D eigenvalue weighted by Gasteiger charge is 2.29. The van der Waals surface area contributed by atoms with Crippen LogP contribution in [0, 0.1) is 13.8 Å². The van der Waals surface area contributed by atoms with Gasteiger partial charge in [0.05, 0.1) is 5.56 Å². The zero-order chi connectivity index (χ0) is 19.0. The summed E-state index contributed by atoms with van der Waals surface area (Å²) in [6, 6.07) is 13.2. The van der Waals surface area contributed by atoms with Gasteiger partial charge in [-0.15, -0.1) is 0 Å². The lowest BCUT2D eigenvalue weighted by atomic mass is 10.2. The molecule has 2 amide bonds. The number of hydrogen-bond acceptors (Lipinski definition) is 4. The van der Waals surface area contributed by atoms with Crippen LogP contribution in [0.3, 0.4) is 0 Å². The highest BCUT2D eigenvalue weighted by Crippen LogP contribution is 2.40. The lowest BCUT2D eigenvalue weighted by molar-refractivity contribution is 0.0841. The van der Waals surface area contributed by atoms with E-state index in [0.29, 0.717) is 11.5 Å². The molecule has 0 spiro atoms. The van der Waals surface area contributed by atoms with E-state index in [2.05, 4.69) is 16.0 Å². The Morgan fingerprint density at radius 3 is 2.48 bits per heavy atom. The Hall–Kier alpha value is -3.35. The van der Waals surface area contributed by atoms with Crippen molar-refractivity contribution in [1.82, 2.24) is 20.6 Å². The van der Waals surface area contributed by atoms with Crippen LogP contribution in [0.5, 0.6) is 0 Å². The molecule has 2 N–H and O–H groups in total. The van der Waals surface area contributed by atoms with Crippen LogP contribution in [-0.4, -0.2) is 21.5 Å². The van der Waals surface area contributed by atoms with Crippen LogP contribution in [0.4, 0.5) is 0 Å². The maximum absolute atomic E-state index is 12.5. The Labute approximate surface area is 156 Å². The maximum atomic E-state index is 12.5. The first-order valence-electron chi connectivity index (χ1n) is 8.86. The van der Waals surface area contributed by atoms with Crippen LogP contribution >= 0.6 is 0 Å². The molecule has 27 heavy (non-hydrogen) atoms. The Morgan fingerprint density at radius 1 is 1.07 bits per heavy atom. The first-order valence-corrected chi connectivity index (χ1v) is 8.86. The summed E-state index contributed by atoms with van der Waals surface area (Å²) in [5.41, 5.74) is 8.20. The van der Waals surface area contributed by atoms with E-state index in [9.17, 15) is 9.59 Å². The Kier molecular flexibility index (Phi) is 4.27. The van der Waals surface area contributed by atoms with Crippen molar-refractivity contribution in [3.8, 4) is 5.69 Å². The average molecular weight is 364 g/mol. The topological polar surface area (TPSA) is 89.2 Å². The Bertz CT molecular complexity index is 1000. The molecule has 7 nitrogen and oxygen atoms in total. The van der Waals surface area contributed by atoms with Crippen LogP contribution in [0.2, 0.25) is 0 Å². The predicted molar refractivity (Wildman–Crippen MR) is 98.7 cm³/mol. The molecule has 0 radical (unpaired) electrons. The number of aromatic nitrogens is 2. The first-order chi connectivity index (χ1) is 13.0. The first kappa shape index (κ1) is 17.1. The van der Waals surface area contributed by atoms with Gasteiger partial charge in [0, 0.05) is 29.1 Å². The molecular formula is C20H20N4O3. The molecule has 0 saturated heterocycles. The summed E-state index contributed by atoms with van der Waals surface area (Å²) in [7, 11) is 0. The molecule has 3 aromatic rings. The molecule has 0 bridgehead atoms. The van der Waals surface area contributed by atoms with Gasteiger partial charge in [0.1, 0.15) is 5.76 Å². The molecule has 1 fully saturated rings. The number of rotatable bonds is 4. The van der Waals surface area contributed by atoms with Crippen molar-refractivity contribution >= 4 is 11.8 Å². The molecule has 7 heteroatoms. The summed E-state index contributed by atoms with van der Waals surface area (Å²) in [5.74, 6) is 0.204. The minimum atomic E-state index is -0.504. The summed E-state index contributed by atoms with van der Waals surface area (Å²) in [6.45, 7) is 3.81. The van der Waals surface area contributed by atoms with Gasteiger partial charge in [0.15, 0.2) is 5.69 Å². The smallest absolute Gasteiger partial charge is 0.291 e. The Balaban J connectivity index is 1.46. The van der Waals surface area contributed by atoms with E-state index < -0.39 is 5.91 Å². The molecule has 1 saturated carbocycles. The number of amides is 2. The third-order valence-corrected chi connectivity index (χ3v) is 4.72. The van der Waals surface area contributed by atoms with E-state index in [-0.39, 0.29) is 11.6 Å². The molecule has 0 atom stereocenters. The zero-order valence-corrected chi connectivity index (χ0v) is 15.2. The summed E-state index contributed by atoms with van der Waals surface area (Å²) >= 11 is 0. The standard InChI is InChI=1S/C20H20N4O3/c1-12-10-16(13(2)24(12)15-6-4-3-5-7-15)19(25)21-22-20(26)17-11-18(27-23-17)14-8-9-14/h3-7,10-11,14H,8-9H2,1-2H3,(H,21,25)(H,22,26). The molecular weight excluding hydrogens is 344 g/mol. The summed E-state index contributed by atoms with van der Waals surface area (Å²) in [5, 5.41) is 3.76. The van der Waals surface area contributed by atoms with Gasteiger partial charge in [-0.05, 0) is 44.9 Å². The number of aryl methyl sites for hydroxylation is 1. The van der Waals surface area contributed by atoms with E-state index in [1.54, 1.807) is 12.1 Å². The number of benzene rings is 1. The predicted octanol–water partition coefficient (Wildman–Crippen LogP) is 3.03. The van der Waals surface area contributed by atoms with Crippen LogP contribution in [0.15, 0.2) is 47.0 Å². The maximum Gasteiger partial charge on any atom is 0.291 e. The zero-order valence-electron chi connectivity index (χ0n) is 15.2. The van der Waals surface area contributed by atoms with Gasteiger partial charge in [-0.3, -0.25) is 20.4 Å². The van der Waals surface area contributed by atoms with E-state index >= 15 is 0 Å². The van der Waals surface area contributed by atoms with Crippen molar-refractivity contribution in [2.45, 2.75) is 32.6 Å². The van der Waals surface area contributed by atoms with Crippen molar-refractivity contribution in [2.24, 2.45) is 0 Å². The third-order valence-electron chi connectivity index (χ3n) is 4.72. The second-order valence-electron chi connectivity index (χ2n) is 6.75. The molecule has 1 aromatic carbocycles. The van der Waals surface area contributed by atoms with Gasteiger partial charge in [0.25, 0.3) is 11.8 Å². The largest absolute Gasteiger partial charge is 0.360 e. The third kappa shape index (κ3) is 3.36. The summed E-state index contributed by atoms with van der Waals surface area (Å²) in [6.07, 6.45) is 2.12. The van der Waals surface area contributed by atoms with E-state index in [1.165, 1.54) is 0 Å². The normalized spacial score (nSPS) is 13.4. The van der Waals surface area contributed by atoms with Crippen molar-refractivity contribution in [3.63, 3.8) is 0 Å². The molecule has 4 rings (SSSR count). The molecule has 2 heterocycles. The molecule has 0 aliphatic heterocycles. The number of para-hydroxylation sites is 1. The quantitative estimate of drug-likeness (QED) is 0.697. The van der Waals surface area contributed by atoms with Gasteiger partial charge in [0.2, 0.25) is 0 Å². The molecule has 1 aliphatic rings. The van der Waals surface area contributed by atoms with Gasteiger partial charge in [-0.25, -0.2) is 0 Å². The van der Waals surface area contributed by atoms with E-state index in [4.69, 9.17) is 4.52 Å². The van der Waals surface area contributed by atoms with Gasteiger partial charge in [-0.1, -0.05) is 23.4 Å². The van der Waals surface area contributed by atoms with Gasteiger partial charge < -0.3 is 9.09 Å². The molecule has 0 unspecified atom stereocenters. The van der Waals surface area contributed by atoms with E-state index in [0.717, 1.165) is 35.7 Å². The summed E-state index contributed by atoms with van der Waals surface area (Å²) in [4.78, 5) is 24.7. The van der Waals surface area contributed by atoms with Crippen LogP contribution < -0.4 is 10.9 Å². The van der Waals surface area contributed by atoms with Crippen molar-refractivity contribution in [2.75, 3.05) is 0 Å². The van der Waals surface area contributed by atoms with Crippen molar-refractivity contribution in [3.05, 3.63) is 70.9 Å². The van der Waals surface area contributed by atoms with Crippen molar-refractivity contribution < 1.29 is 14.1 Å². The van der Waals surface area contributed by atoms with E-state index in [1.807, 2.05) is 48.7 Å². The summed E-state index contributed by atoms with van der Waals surface area (Å²) < 4.78 is 7.16. The number of nitrogens with zero attached hydrogens (tertiary/aromatic N) is 2. The number of hydrazine groups is 1. The second-order valence-corrected chi connectivity index (χ2v) is 6.75. The fraction of sp³-hybridized carbons (Fsp3) is 0.250. The fourth-order valence-electron chi connectivity index (χ4n) is 3.17. The minimum absolute atomic E-state index is 0.159. The lowest BCUT2D eigenvalue weighted by Gasteiger charge is -2.10. The van der Waals surface area contributed by atoms with Gasteiger partial charge >= 0.3 is 0 Å². The lowest BCUT2D eigenvalue weighted by Crippen LogP contribution is -2.41. The van der Waals surface area contributed by atoms with Gasteiger partial charge in [-0.2, -0.15) is 0 Å².